The summed E-state index contributed by atoms with van der Waals surface area (Å²) in [4.78, 5) is 1.08. The van der Waals surface area contributed by atoms with Crippen molar-refractivity contribution in [2.45, 2.75) is 24.5 Å². The van der Waals surface area contributed by atoms with Crippen molar-refractivity contribution in [2.24, 2.45) is 0 Å². The van der Waals surface area contributed by atoms with E-state index in [1.54, 1.807) is 11.8 Å². The number of aryl methyl sites for hydroxylation is 2. The molecule has 1 heterocycles. The first-order chi connectivity index (χ1) is 7.65. The molecule has 0 aliphatic carbocycles. The number of nitrogens with two attached hydrogens (primary N) is 1. The summed E-state index contributed by atoms with van der Waals surface area (Å²) in [6.07, 6.45) is 0. The Morgan fingerprint density at radius 3 is 2.75 bits per heavy atom. The van der Waals surface area contributed by atoms with E-state index in [4.69, 9.17) is 10.3 Å². The van der Waals surface area contributed by atoms with Gasteiger partial charge in [0.2, 0.25) is 0 Å². The Labute approximate surface area is 99.0 Å². The SMILES string of the molecule is Cc1ccc(SCc2cc(C)no2)c(N)c1. The highest BCUT2D eigenvalue weighted by molar-refractivity contribution is 7.98. The molecule has 0 amide bonds. The highest BCUT2D eigenvalue weighted by Gasteiger charge is 2.04. The molecule has 3 nitrogen and oxygen atoms in total. The molecule has 0 unspecified atom stereocenters. The Morgan fingerprint density at radius 2 is 2.12 bits per heavy atom. The lowest BCUT2D eigenvalue weighted by Gasteiger charge is -2.04. The van der Waals surface area contributed by atoms with Crippen LogP contribution in [0, 0.1) is 13.8 Å². The van der Waals surface area contributed by atoms with E-state index in [1.165, 1.54) is 5.56 Å². The highest BCUT2D eigenvalue weighted by atomic mass is 32.2. The lowest BCUT2D eigenvalue weighted by molar-refractivity contribution is 0.391. The average Bonchev–Trinajstić information content (AvgIpc) is 2.63. The zero-order valence-corrected chi connectivity index (χ0v) is 10.2. The van der Waals surface area contributed by atoms with Crippen molar-refractivity contribution in [1.29, 1.82) is 0 Å². The number of thioether (sulfide) groups is 1. The predicted octanol–water partition coefficient (Wildman–Crippen LogP) is 3.17. The van der Waals surface area contributed by atoms with Crippen molar-refractivity contribution in [1.82, 2.24) is 5.16 Å². The van der Waals surface area contributed by atoms with Crippen molar-refractivity contribution >= 4 is 17.4 Å². The lowest BCUT2D eigenvalue weighted by Crippen LogP contribution is -1.89. The van der Waals surface area contributed by atoms with Crippen molar-refractivity contribution in [3.05, 3.63) is 41.3 Å². The molecule has 0 aliphatic heterocycles. The molecule has 0 fully saturated rings. The molecule has 4 heteroatoms. The van der Waals surface area contributed by atoms with E-state index >= 15 is 0 Å². The third kappa shape index (κ3) is 2.58. The maximum Gasteiger partial charge on any atom is 0.147 e. The van der Waals surface area contributed by atoms with Gasteiger partial charge in [0.15, 0.2) is 0 Å². The number of hydrogen-bond acceptors (Lipinski definition) is 4. The molecule has 0 radical (unpaired) electrons. The topological polar surface area (TPSA) is 52.0 Å². The molecule has 16 heavy (non-hydrogen) atoms. The molecule has 84 valence electrons. The van der Waals surface area contributed by atoms with Crippen LogP contribution in [0.25, 0.3) is 0 Å². The molecule has 1 aromatic heterocycles. The number of hydrogen-bond donors (Lipinski definition) is 1. The summed E-state index contributed by atoms with van der Waals surface area (Å²) in [5.41, 5.74) is 8.83. The van der Waals surface area contributed by atoms with Gasteiger partial charge >= 0.3 is 0 Å². The lowest BCUT2D eigenvalue weighted by atomic mass is 10.2. The average molecular weight is 234 g/mol. The Balaban J connectivity index is 2.04. The van der Waals surface area contributed by atoms with Gasteiger partial charge in [-0.25, -0.2) is 0 Å². The number of anilines is 1. The first kappa shape index (κ1) is 11.1. The summed E-state index contributed by atoms with van der Waals surface area (Å²) in [6.45, 7) is 3.95. The van der Waals surface area contributed by atoms with Gasteiger partial charge in [-0.05, 0) is 31.5 Å². The van der Waals surface area contributed by atoms with Gasteiger partial charge in [-0.1, -0.05) is 11.2 Å². The summed E-state index contributed by atoms with van der Waals surface area (Å²) in [5.74, 6) is 1.64. The third-order valence-corrected chi connectivity index (χ3v) is 3.32. The van der Waals surface area contributed by atoms with Crippen molar-refractivity contribution in [2.75, 3.05) is 5.73 Å². The van der Waals surface area contributed by atoms with Crippen LogP contribution in [-0.2, 0) is 5.75 Å². The normalized spacial score (nSPS) is 10.6. The molecular formula is C12H14N2OS. The van der Waals surface area contributed by atoms with E-state index in [2.05, 4.69) is 11.2 Å². The zero-order valence-electron chi connectivity index (χ0n) is 9.36. The summed E-state index contributed by atoms with van der Waals surface area (Å²) >= 11 is 1.66. The zero-order chi connectivity index (χ0) is 11.5. The quantitative estimate of drug-likeness (QED) is 0.654. The number of benzene rings is 1. The summed E-state index contributed by atoms with van der Waals surface area (Å²) in [5, 5.41) is 3.85. The van der Waals surface area contributed by atoms with Crippen LogP contribution in [0.3, 0.4) is 0 Å². The van der Waals surface area contributed by atoms with E-state index in [9.17, 15) is 0 Å². The van der Waals surface area contributed by atoms with Crippen LogP contribution in [0.4, 0.5) is 5.69 Å². The van der Waals surface area contributed by atoms with Gasteiger partial charge in [-0.15, -0.1) is 11.8 Å². The van der Waals surface area contributed by atoms with Crippen LogP contribution >= 0.6 is 11.8 Å². The molecular weight excluding hydrogens is 220 g/mol. The molecule has 0 saturated heterocycles. The Morgan fingerprint density at radius 1 is 1.31 bits per heavy atom. The molecule has 0 saturated carbocycles. The van der Waals surface area contributed by atoms with Gasteiger partial charge in [0.25, 0.3) is 0 Å². The van der Waals surface area contributed by atoms with Crippen LogP contribution in [0.1, 0.15) is 17.0 Å². The summed E-state index contributed by atoms with van der Waals surface area (Å²) in [6, 6.07) is 8.02. The molecule has 1 aromatic carbocycles. The summed E-state index contributed by atoms with van der Waals surface area (Å²) in [7, 11) is 0. The van der Waals surface area contributed by atoms with E-state index < -0.39 is 0 Å². The second-order valence-corrected chi connectivity index (χ2v) is 4.78. The summed E-state index contributed by atoms with van der Waals surface area (Å²) < 4.78 is 5.14. The smallest absolute Gasteiger partial charge is 0.147 e. The second-order valence-electron chi connectivity index (χ2n) is 3.76. The number of rotatable bonds is 3. The van der Waals surface area contributed by atoms with Gasteiger partial charge < -0.3 is 10.3 Å². The van der Waals surface area contributed by atoms with Gasteiger partial charge in [-0.2, -0.15) is 0 Å². The number of nitrogens with zero attached hydrogens (tertiary/aromatic N) is 1. The van der Waals surface area contributed by atoms with Crippen molar-refractivity contribution in [3.63, 3.8) is 0 Å². The molecule has 0 atom stereocenters. The van der Waals surface area contributed by atoms with Crippen LogP contribution in [0.2, 0.25) is 0 Å². The minimum absolute atomic E-state index is 0.758. The molecule has 0 bridgehead atoms. The second kappa shape index (κ2) is 4.61. The van der Waals surface area contributed by atoms with E-state index in [0.717, 1.165) is 27.8 Å². The molecule has 2 N–H and O–H groups in total. The molecule has 0 spiro atoms. The Kier molecular flexibility index (Phi) is 3.19. The minimum Gasteiger partial charge on any atom is -0.398 e. The maximum absolute atomic E-state index is 5.92. The molecule has 2 rings (SSSR count). The fourth-order valence-corrected chi connectivity index (χ4v) is 2.26. The number of nitrogen functional groups attached to an aromatic ring is 1. The van der Waals surface area contributed by atoms with Gasteiger partial charge in [0.05, 0.1) is 11.4 Å². The van der Waals surface area contributed by atoms with Crippen molar-refractivity contribution < 1.29 is 4.52 Å². The Hall–Kier alpha value is -1.42. The standard InChI is InChI=1S/C12H14N2OS/c1-8-3-4-12(11(13)5-8)16-7-10-6-9(2)14-15-10/h3-6H,7,13H2,1-2H3. The Bertz CT molecular complexity index is 494. The van der Waals surface area contributed by atoms with E-state index in [1.807, 2.05) is 32.0 Å². The van der Waals surface area contributed by atoms with E-state index in [-0.39, 0.29) is 0 Å². The van der Waals surface area contributed by atoms with Gasteiger partial charge in [0, 0.05) is 16.6 Å². The third-order valence-electron chi connectivity index (χ3n) is 2.21. The molecule has 0 aliphatic rings. The van der Waals surface area contributed by atoms with Gasteiger partial charge in [-0.3, -0.25) is 0 Å². The van der Waals surface area contributed by atoms with E-state index in [0.29, 0.717) is 0 Å². The number of aromatic nitrogens is 1. The van der Waals surface area contributed by atoms with Crippen LogP contribution in [0.15, 0.2) is 33.7 Å². The van der Waals surface area contributed by atoms with Gasteiger partial charge in [0.1, 0.15) is 5.76 Å². The largest absolute Gasteiger partial charge is 0.398 e. The predicted molar refractivity (Wildman–Crippen MR) is 66.4 cm³/mol. The first-order valence-electron chi connectivity index (χ1n) is 5.06. The van der Waals surface area contributed by atoms with Crippen LogP contribution < -0.4 is 5.73 Å². The van der Waals surface area contributed by atoms with Crippen molar-refractivity contribution in [3.8, 4) is 0 Å². The van der Waals surface area contributed by atoms with Crippen LogP contribution in [-0.4, -0.2) is 5.16 Å². The fraction of sp³-hybridized carbons (Fsp3) is 0.250. The first-order valence-corrected chi connectivity index (χ1v) is 6.05. The minimum atomic E-state index is 0.758. The monoisotopic (exact) mass is 234 g/mol. The fourth-order valence-electron chi connectivity index (χ4n) is 1.43. The molecule has 2 aromatic rings. The highest BCUT2D eigenvalue weighted by Crippen LogP contribution is 2.28. The van der Waals surface area contributed by atoms with Crippen LogP contribution in [0.5, 0.6) is 0 Å². The maximum atomic E-state index is 5.92.